The van der Waals surface area contributed by atoms with Gasteiger partial charge in [-0.05, 0) is 50.5 Å². The Bertz CT molecular complexity index is 996. The van der Waals surface area contributed by atoms with Crippen molar-refractivity contribution in [2.45, 2.75) is 37.1 Å². The molecule has 0 aliphatic heterocycles. The van der Waals surface area contributed by atoms with Gasteiger partial charge in [0.2, 0.25) is 10.0 Å². The van der Waals surface area contributed by atoms with E-state index in [0.717, 1.165) is 38.0 Å². The normalized spacial score (nSPS) is 13.8. The maximum absolute atomic E-state index is 12.6. The first-order chi connectivity index (χ1) is 14.3. The predicted octanol–water partition coefficient (Wildman–Crippen LogP) is 4.08. The Morgan fingerprint density at radius 1 is 1.13 bits per heavy atom. The van der Waals surface area contributed by atoms with Gasteiger partial charge in [0.1, 0.15) is 4.90 Å². The minimum Gasteiger partial charge on any atom is -0.372 e. The Morgan fingerprint density at radius 3 is 2.47 bits per heavy atom. The molecule has 30 heavy (non-hydrogen) atoms. The molecule has 1 saturated carbocycles. The molecule has 3 rings (SSSR count). The average Bonchev–Trinajstić information content (AvgIpc) is 3.51. The molecule has 0 unspecified atom stereocenters. The highest BCUT2D eigenvalue weighted by Crippen LogP contribution is 2.30. The van der Waals surface area contributed by atoms with E-state index in [0.29, 0.717) is 6.54 Å². The van der Waals surface area contributed by atoms with Crippen LogP contribution < -0.4 is 14.9 Å². The summed E-state index contributed by atoms with van der Waals surface area (Å²) < 4.78 is 27.6. The molecule has 0 bridgehead atoms. The summed E-state index contributed by atoms with van der Waals surface area (Å²) in [5.41, 5.74) is 1.22. The Morgan fingerprint density at radius 2 is 1.83 bits per heavy atom. The molecular formula is C21H25Cl2N3O3S. The number of amides is 1. The Kier molecular flexibility index (Phi) is 7.63. The third-order valence-electron chi connectivity index (χ3n) is 4.85. The number of carbonyl (C=O) groups is 1. The monoisotopic (exact) mass is 469 g/mol. The molecule has 1 fully saturated rings. The van der Waals surface area contributed by atoms with Crippen molar-refractivity contribution in [1.82, 2.24) is 10.0 Å². The van der Waals surface area contributed by atoms with Crippen molar-refractivity contribution in [2.75, 3.05) is 24.5 Å². The van der Waals surface area contributed by atoms with Crippen LogP contribution in [0.1, 0.15) is 36.5 Å². The highest BCUT2D eigenvalue weighted by molar-refractivity contribution is 7.89. The highest BCUT2D eigenvalue weighted by Gasteiger charge is 2.30. The van der Waals surface area contributed by atoms with Gasteiger partial charge in [0.05, 0.1) is 15.6 Å². The highest BCUT2D eigenvalue weighted by atomic mass is 35.5. The molecule has 0 aromatic heterocycles. The lowest BCUT2D eigenvalue weighted by atomic mass is 10.2. The lowest BCUT2D eigenvalue weighted by molar-refractivity contribution is 0.0953. The smallest absolute Gasteiger partial charge is 0.252 e. The van der Waals surface area contributed by atoms with Crippen molar-refractivity contribution in [2.24, 2.45) is 0 Å². The third-order valence-corrected chi connectivity index (χ3v) is 7.15. The number of rotatable bonds is 10. The van der Waals surface area contributed by atoms with Crippen molar-refractivity contribution in [3.63, 3.8) is 0 Å². The van der Waals surface area contributed by atoms with E-state index in [9.17, 15) is 13.2 Å². The van der Waals surface area contributed by atoms with E-state index < -0.39 is 15.9 Å². The molecule has 2 N–H and O–H groups in total. The molecule has 0 saturated heterocycles. The molecule has 1 aliphatic carbocycles. The molecule has 9 heteroatoms. The van der Waals surface area contributed by atoms with Gasteiger partial charge >= 0.3 is 0 Å². The number of hydrogen-bond donors (Lipinski definition) is 2. The van der Waals surface area contributed by atoms with Crippen LogP contribution in [0.15, 0.2) is 47.4 Å². The number of sulfonamides is 1. The van der Waals surface area contributed by atoms with Crippen molar-refractivity contribution in [3.8, 4) is 0 Å². The number of hydrogen-bond acceptors (Lipinski definition) is 4. The lowest BCUT2D eigenvalue weighted by Crippen LogP contribution is -2.30. The second-order valence-corrected chi connectivity index (χ2v) is 9.68. The summed E-state index contributed by atoms with van der Waals surface area (Å²) in [6, 6.07) is 12.5. The van der Waals surface area contributed by atoms with Crippen LogP contribution in [0.5, 0.6) is 0 Å². The van der Waals surface area contributed by atoms with Gasteiger partial charge in [-0.15, -0.1) is 0 Å². The maximum Gasteiger partial charge on any atom is 0.252 e. The van der Waals surface area contributed by atoms with Gasteiger partial charge in [0, 0.05) is 31.4 Å². The third kappa shape index (κ3) is 5.88. The molecule has 0 atom stereocenters. The number of nitrogens with one attached hydrogen (secondary N) is 2. The maximum atomic E-state index is 12.6. The van der Waals surface area contributed by atoms with Crippen LogP contribution in [0.2, 0.25) is 10.0 Å². The standard InChI is InChI=1S/C21H25Cl2N3O3S/c1-2-26(16-7-4-3-5-8-16)12-6-11-24-21(27)17-13-20(19(23)14-18(17)22)30(28,29)25-15-9-10-15/h3-5,7-8,13-15,25H,2,6,9-12H2,1H3,(H,24,27). The molecule has 0 spiro atoms. The minimum absolute atomic E-state index is 0.00820. The van der Waals surface area contributed by atoms with Crippen LogP contribution >= 0.6 is 23.2 Å². The zero-order valence-corrected chi connectivity index (χ0v) is 19.0. The average molecular weight is 470 g/mol. The largest absolute Gasteiger partial charge is 0.372 e. The van der Waals surface area contributed by atoms with E-state index in [-0.39, 0.29) is 26.5 Å². The first-order valence-corrected chi connectivity index (χ1v) is 12.2. The summed E-state index contributed by atoms with van der Waals surface area (Å²) in [6.07, 6.45) is 2.33. The van der Waals surface area contributed by atoms with Gasteiger partial charge in [-0.25, -0.2) is 13.1 Å². The van der Waals surface area contributed by atoms with Crippen molar-refractivity contribution >= 4 is 44.8 Å². The Hall–Kier alpha value is -1.80. The second-order valence-electron chi connectivity index (χ2n) is 7.18. The van der Waals surface area contributed by atoms with E-state index in [2.05, 4.69) is 21.9 Å². The quantitative estimate of drug-likeness (QED) is 0.513. The van der Waals surface area contributed by atoms with Crippen molar-refractivity contribution in [3.05, 3.63) is 58.1 Å². The first kappa shape index (κ1) is 22.9. The van der Waals surface area contributed by atoms with Crippen LogP contribution in [0.25, 0.3) is 0 Å². The number of nitrogens with zero attached hydrogens (tertiary/aromatic N) is 1. The Labute approximate surface area is 187 Å². The molecule has 1 aliphatic rings. The summed E-state index contributed by atoms with van der Waals surface area (Å²) in [5, 5.41) is 2.92. The number of carbonyl (C=O) groups excluding carboxylic acids is 1. The van der Waals surface area contributed by atoms with Crippen LogP contribution in [0.3, 0.4) is 0 Å². The van der Waals surface area contributed by atoms with Crippen molar-refractivity contribution < 1.29 is 13.2 Å². The van der Waals surface area contributed by atoms with Crippen molar-refractivity contribution in [1.29, 1.82) is 0 Å². The van der Waals surface area contributed by atoms with E-state index in [4.69, 9.17) is 23.2 Å². The summed E-state index contributed by atoms with van der Waals surface area (Å²) >= 11 is 12.3. The summed E-state index contributed by atoms with van der Waals surface area (Å²) in [7, 11) is -3.80. The van der Waals surface area contributed by atoms with Crippen LogP contribution in [-0.4, -0.2) is 40.0 Å². The molecule has 2 aromatic rings. The zero-order chi connectivity index (χ0) is 21.7. The van der Waals surface area contributed by atoms with Gasteiger partial charge in [-0.2, -0.15) is 0 Å². The second kappa shape index (κ2) is 10.0. The van der Waals surface area contributed by atoms with E-state index in [1.807, 2.05) is 30.3 Å². The fourth-order valence-corrected chi connectivity index (χ4v) is 5.23. The van der Waals surface area contributed by atoms with Gasteiger partial charge < -0.3 is 10.2 Å². The number of para-hydroxylation sites is 1. The molecular weight excluding hydrogens is 445 g/mol. The fraction of sp³-hybridized carbons (Fsp3) is 0.381. The van der Waals surface area contributed by atoms with E-state index in [1.54, 1.807) is 0 Å². The lowest BCUT2D eigenvalue weighted by Gasteiger charge is -2.23. The van der Waals surface area contributed by atoms with Crippen LogP contribution in [0, 0.1) is 0 Å². The summed E-state index contributed by atoms with van der Waals surface area (Å²) in [6.45, 7) is 4.15. The van der Waals surface area contributed by atoms with E-state index >= 15 is 0 Å². The molecule has 0 heterocycles. The SMILES string of the molecule is CCN(CCCNC(=O)c1cc(S(=O)(=O)NC2CC2)c(Cl)cc1Cl)c1ccccc1. The van der Waals surface area contributed by atoms with Crippen LogP contribution in [-0.2, 0) is 10.0 Å². The Balaban J connectivity index is 1.61. The summed E-state index contributed by atoms with van der Waals surface area (Å²) in [4.78, 5) is 14.7. The van der Waals surface area contributed by atoms with Crippen LogP contribution in [0.4, 0.5) is 5.69 Å². The molecule has 162 valence electrons. The molecule has 1 amide bonds. The topological polar surface area (TPSA) is 78.5 Å². The predicted molar refractivity (Wildman–Crippen MR) is 121 cm³/mol. The minimum atomic E-state index is -3.80. The zero-order valence-electron chi connectivity index (χ0n) is 16.7. The number of anilines is 1. The number of halogens is 2. The first-order valence-electron chi connectivity index (χ1n) is 9.91. The van der Waals surface area contributed by atoms with Gasteiger partial charge in [-0.1, -0.05) is 41.4 Å². The van der Waals surface area contributed by atoms with E-state index in [1.165, 1.54) is 12.1 Å². The van der Waals surface area contributed by atoms with Gasteiger partial charge in [0.15, 0.2) is 0 Å². The van der Waals surface area contributed by atoms with Gasteiger partial charge in [-0.3, -0.25) is 4.79 Å². The fourth-order valence-electron chi connectivity index (χ4n) is 3.07. The molecule has 6 nitrogen and oxygen atoms in total. The van der Waals surface area contributed by atoms with Gasteiger partial charge in [0.25, 0.3) is 5.91 Å². The molecule has 0 radical (unpaired) electrons. The summed E-state index contributed by atoms with van der Waals surface area (Å²) in [5.74, 6) is -0.428. The molecule has 2 aromatic carbocycles. The number of benzene rings is 2.